The predicted octanol–water partition coefficient (Wildman–Crippen LogP) is 3.65. The van der Waals surface area contributed by atoms with Gasteiger partial charge in [0.25, 0.3) is 0 Å². The Morgan fingerprint density at radius 3 is 2.47 bits per heavy atom. The summed E-state index contributed by atoms with van der Waals surface area (Å²) < 4.78 is 0. The van der Waals surface area contributed by atoms with E-state index in [-0.39, 0.29) is 0 Å². The lowest BCUT2D eigenvalue weighted by molar-refractivity contribution is 0.0158. The van der Waals surface area contributed by atoms with Crippen LogP contribution in [0.5, 0.6) is 0 Å². The average Bonchev–Trinajstić information content (AvgIpc) is 2.38. The number of nitrogens with two attached hydrogens (primary N) is 1. The summed E-state index contributed by atoms with van der Waals surface area (Å²) in [6.45, 7) is 10.8. The van der Waals surface area contributed by atoms with E-state index in [4.69, 9.17) is 5.73 Å². The second kappa shape index (κ2) is 6.58. The van der Waals surface area contributed by atoms with Gasteiger partial charge in [-0.3, -0.25) is 4.90 Å². The minimum atomic E-state index is 0.464. The molecule has 0 aromatic rings. The smallest absolute Gasteiger partial charge is 0.0129 e. The van der Waals surface area contributed by atoms with Crippen molar-refractivity contribution in [2.45, 2.75) is 71.8 Å². The molecule has 1 aliphatic carbocycles. The fraction of sp³-hybridized carbons (Fsp3) is 1.00. The molecular formula is C17H34N2. The third-order valence-corrected chi connectivity index (χ3v) is 5.44. The molecule has 112 valence electrons. The molecule has 3 atom stereocenters. The topological polar surface area (TPSA) is 29.3 Å². The van der Waals surface area contributed by atoms with E-state index in [2.05, 4.69) is 25.7 Å². The van der Waals surface area contributed by atoms with Gasteiger partial charge in [-0.2, -0.15) is 0 Å². The molecule has 2 fully saturated rings. The van der Waals surface area contributed by atoms with Crippen molar-refractivity contribution in [3.63, 3.8) is 0 Å². The van der Waals surface area contributed by atoms with E-state index in [1.165, 1.54) is 58.0 Å². The van der Waals surface area contributed by atoms with Crippen molar-refractivity contribution in [1.82, 2.24) is 4.90 Å². The Kier molecular flexibility index (Phi) is 5.30. The van der Waals surface area contributed by atoms with Crippen molar-refractivity contribution in [2.24, 2.45) is 23.0 Å². The first-order valence-electron chi connectivity index (χ1n) is 8.46. The van der Waals surface area contributed by atoms with Crippen LogP contribution in [-0.2, 0) is 0 Å². The first-order chi connectivity index (χ1) is 9.02. The molecule has 2 nitrogen and oxygen atoms in total. The molecule has 19 heavy (non-hydrogen) atoms. The molecule has 2 N–H and O–H groups in total. The van der Waals surface area contributed by atoms with Crippen LogP contribution < -0.4 is 5.73 Å². The van der Waals surface area contributed by atoms with Crippen LogP contribution in [0, 0.1) is 17.3 Å². The van der Waals surface area contributed by atoms with Crippen LogP contribution in [-0.4, -0.2) is 30.6 Å². The van der Waals surface area contributed by atoms with Gasteiger partial charge in [0.15, 0.2) is 0 Å². The minimum absolute atomic E-state index is 0.464. The quantitative estimate of drug-likeness (QED) is 0.845. The number of nitrogens with zero attached hydrogens (tertiary/aromatic N) is 1. The summed E-state index contributed by atoms with van der Waals surface area (Å²) in [5, 5.41) is 0. The van der Waals surface area contributed by atoms with E-state index >= 15 is 0 Å². The van der Waals surface area contributed by atoms with Gasteiger partial charge in [-0.25, -0.2) is 0 Å². The molecule has 0 spiro atoms. The van der Waals surface area contributed by atoms with Gasteiger partial charge in [0.05, 0.1) is 0 Å². The first kappa shape index (κ1) is 15.3. The lowest BCUT2D eigenvalue weighted by Gasteiger charge is -2.48. The Morgan fingerprint density at radius 2 is 1.79 bits per heavy atom. The standard InChI is InChI=1S/C17H34N2/c1-17(2,3)15-8-4-5-9-16(15)19-12-6-7-14(13-19)10-11-18/h14-16H,4-13,18H2,1-3H3. The highest BCUT2D eigenvalue weighted by molar-refractivity contribution is 4.91. The zero-order valence-corrected chi connectivity index (χ0v) is 13.3. The molecule has 3 unspecified atom stereocenters. The third kappa shape index (κ3) is 3.95. The summed E-state index contributed by atoms with van der Waals surface area (Å²) in [4.78, 5) is 2.83. The Balaban J connectivity index is 2.01. The molecule has 2 heteroatoms. The Hall–Kier alpha value is -0.0800. The van der Waals surface area contributed by atoms with E-state index in [1.807, 2.05) is 0 Å². The summed E-state index contributed by atoms with van der Waals surface area (Å²) in [6, 6.07) is 0.842. The summed E-state index contributed by atoms with van der Waals surface area (Å²) in [7, 11) is 0. The molecule has 0 radical (unpaired) electrons. The Bertz CT molecular complexity index is 267. The van der Waals surface area contributed by atoms with Gasteiger partial charge >= 0.3 is 0 Å². The fourth-order valence-electron chi connectivity index (χ4n) is 4.43. The van der Waals surface area contributed by atoms with Crippen LogP contribution in [0.25, 0.3) is 0 Å². The van der Waals surface area contributed by atoms with Crippen LogP contribution in [0.15, 0.2) is 0 Å². The van der Waals surface area contributed by atoms with Gasteiger partial charge in [-0.1, -0.05) is 33.6 Å². The molecule has 0 aromatic heterocycles. The van der Waals surface area contributed by atoms with Crippen LogP contribution in [0.1, 0.15) is 65.7 Å². The van der Waals surface area contributed by atoms with Crippen LogP contribution in [0.2, 0.25) is 0 Å². The normalized spacial score (nSPS) is 34.4. The Morgan fingerprint density at radius 1 is 1.05 bits per heavy atom. The van der Waals surface area contributed by atoms with Crippen LogP contribution in [0.4, 0.5) is 0 Å². The lowest BCUT2D eigenvalue weighted by atomic mass is 9.68. The third-order valence-electron chi connectivity index (χ3n) is 5.44. The van der Waals surface area contributed by atoms with Crippen molar-refractivity contribution >= 4 is 0 Å². The maximum absolute atomic E-state index is 5.76. The number of hydrogen-bond acceptors (Lipinski definition) is 2. The van der Waals surface area contributed by atoms with E-state index in [1.54, 1.807) is 0 Å². The number of likely N-dealkylation sites (tertiary alicyclic amines) is 1. The highest BCUT2D eigenvalue weighted by Gasteiger charge is 2.38. The molecule has 0 bridgehead atoms. The zero-order valence-electron chi connectivity index (χ0n) is 13.3. The largest absolute Gasteiger partial charge is 0.330 e. The predicted molar refractivity (Wildman–Crippen MR) is 83.2 cm³/mol. The van der Waals surface area contributed by atoms with E-state index in [0.29, 0.717) is 5.41 Å². The van der Waals surface area contributed by atoms with Crippen molar-refractivity contribution in [1.29, 1.82) is 0 Å². The SMILES string of the molecule is CC(C)(C)C1CCCCC1N1CCCC(CCN)C1. The second-order valence-electron chi connectivity index (χ2n) is 7.90. The molecule has 0 aromatic carbocycles. The van der Waals surface area contributed by atoms with Crippen LogP contribution >= 0.6 is 0 Å². The number of rotatable bonds is 3. The molecule has 0 amide bonds. The van der Waals surface area contributed by atoms with E-state index in [9.17, 15) is 0 Å². The van der Waals surface area contributed by atoms with Crippen molar-refractivity contribution in [3.8, 4) is 0 Å². The van der Waals surface area contributed by atoms with Gasteiger partial charge in [-0.05, 0) is 62.4 Å². The first-order valence-corrected chi connectivity index (χ1v) is 8.46. The van der Waals surface area contributed by atoms with Crippen molar-refractivity contribution in [3.05, 3.63) is 0 Å². The zero-order chi connectivity index (χ0) is 13.9. The van der Waals surface area contributed by atoms with Gasteiger partial charge < -0.3 is 5.73 Å². The van der Waals surface area contributed by atoms with Crippen molar-refractivity contribution < 1.29 is 0 Å². The summed E-state index contributed by atoms with van der Waals surface area (Å²) in [5.74, 6) is 1.75. The fourth-order valence-corrected chi connectivity index (χ4v) is 4.43. The molecule has 1 saturated heterocycles. The molecule has 1 aliphatic heterocycles. The minimum Gasteiger partial charge on any atom is -0.330 e. The average molecular weight is 266 g/mol. The van der Waals surface area contributed by atoms with Gasteiger partial charge in [-0.15, -0.1) is 0 Å². The van der Waals surface area contributed by atoms with Gasteiger partial charge in [0.1, 0.15) is 0 Å². The number of hydrogen-bond donors (Lipinski definition) is 1. The molecule has 2 rings (SSSR count). The Labute approximate surface area is 120 Å². The maximum Gasteiger partial charge on any atom is 0.0129 e. The summed E-state index contributed by atoms with van der Waals surface area (Å²) in [6.07, 6.45) is 9.76. The summed E-state index contributed by atoms with van der Waals surface area (Å²) in [5.41, 5.74) is 6.23. The summed E-state index contributed by atoms with van der Waals surface area (Å²) >= 11 is 0. The molecule has 2 aliphatic rings. The number of piperidine rings is 1. The van der Waals surface area contributed by atoms with Crippen molar-refractivity contribution in [2.75, 3.05) is 19.6 Å². The van der Waals surface area contributed by atoms with E-state index < -0.39 is 0 Å². The molecular weight excluding hydrogens is 232 g/mol. The monoisotopic (exact) mass is 266 g/mol. The maximum atomic E-state index is 5.76. The highest BCUT2D eigenvalue weighted by Crippen LogP contribution is 2.41. The van der Waals surface area contributed by atoms with Gasteiger partial charge in [0.2, 0.25) is 0 Å². The molecule has 1 heterocycles. The lowest BCUT2D eigenvalue weighted by Crippen LogP contribution is -2.50. The van der Waals surface area contributed by atoms with Crippen LogP contribution in [0.3, 0.4) is 0 Å². The molecule has 1 saturated carbocycles. The van der Waals surface area contributed by atoms with E-state index in [0.717, 1.165) is 24.4 Å². The highest BCUT2D eigenvalue weighted by atomic mass is 15.2. The second-order valence-corrected chi connectivity index (χ2v) is 7.90. The van der Waals surface area contributed by atoms with Gasteiger partial charge in [0, 0.05) is 12.6 Å².